The maximum atomic E-state index is 12.9. The number of aliphatic carboxylic acids is 1. The lowest BCUT2D eigenvalue weighted by Crippen LogP contribution is -2.39. The van der Waals surface area contributed by atoms with Crippen molar-refractivity contribution in [2.75, 3.05) is 7.11 Å². The number of aromatic nitrogens is 2. The van der Waals surface area contributed by atoms with E-state index >= 15 is 0 Å². The van der Waals surface area contributed by atoms with Crippen LogP contribution in [0, 0.1) is 5.92 Å². The molecule has 9 nitrogen and oxygen atoms in total. The van der Waals surface area contributed by atoms with Gasteiger partial charge >= 0.3 is 17.9 Å². The molecule has 2 atom stereocenters. The van der Waals surface area contributed by atoms with Crippen LogP contribution in [0.4, 0.5) is 0 Å². The van der Waals surface area contributed by atoms with Gasteiger partial charge in [-0.3, -0.25) is 9.59 Å². The van der Waals surface area contributed by atoms with Crippen LogP contribution in [-0.2, 0) is 11.2 Å². The van der Waals surface area contributed by atoms with Crippen molar-refractivity contribution < 1.29 is 29.3 Å². The largest absolute Gasteiger partial charge is 0.481 e. The van der Waals surface area contributed by atoms with Crippen LogP contribution in [0.5, 0.6) is 6.01 Å². The molecule has 3 aromatic rings. The van der Waals surface area contributed by atoms with E-state index < -0.39 is 29.8 Å². The molecule has 1 amide bonds. The summed E-state index contributed by atoms with van der Waals surface area (Å²) in [5.41, 5.74) is 2.46. The Balaban J connectivity index is 1.81. The van der Waals surface area contributed by atoms with E-state index in [0.29, 0.717) is 6.42 Å². The molecule has 0 fully saturated rings. The Morgan fingerprint density at radius 1 is 0.941 bits per heavy atom. The van der Waals surface area contributed by atoms with E-state index in [-0.39, 0.29) is 23.8 Å². The summed E-state index contributed by atoms with van der Waals surface area (Å²) in [5.74, 6) is -3.66. The number of methoxy groups -OCH3 is 1. The number of benzene rings is 2. The van der Waals surface area contributed by atoms with Crippen LogP contribution in [0.15, 0.2) is 60.7 Å². The van der Waals surface area contributed by atoms with E-state index in [1.54, 1.807) is 6.92 Å². The average molecular weight is 463 g/mol. The van der Waals surface area contributed by atoms with Crippen molar-refractivity contribution in [3.8, 4) is 17.1 Å². The molecule has 0 aliphatic carbocycles. The van der Waals surface area contributed by atoms with Gasteiger partial charge in [0, 0.05) is 12.1 Å². The minimum atomic E-state index is -1.33. The van der Waals surface area contributed by atoms with Crippen molar-refractivity contribution in [3.63, 3.8) is 0 Å². The second-order valence-corrected chi connectivity index (χ2v) is 7.84. The van der Waals surface area contributed by atoms with Gasteiger partial charge < -0.3 is 20.3 Å². The summed E-state index contributed by atoms with van der Waals surface area (Å²) in [7, 11) is 1.26. The Morgan fingerprint density at radius 3 is 2.15 bits per heavy atom. The Kier molecular flexibility index (Phi) is 7.92. The van der Waals surface area contributed by atoms with Crippen molar-refractivity contribution in [2.45, 2.75) is 25.8 Å². The van der Waals surface area contributed by atoms with E-state index in [0.717, 1.165) is 22.8 Å². The molecule has 176 valence electrons. The molecular formula is C25H25N3O6. The van der Waals surface area contributed by atoms with Gasteiger partial charge in [0.15, 0.2) is 5.69 Å². The van der Waals surface area contributed by atoms with Gasteiger partial charge in [0.2, 0.25) is 0 Å². The summed E-state index contributed by atoms with van der Waals surface area (Å²) in [6.07, 6.45) is 0.557. The lowest BCUT2D eigenvalue weighted by Gasteiger charge is -2.21. The fourth-order valence-corrected chi connectivity index (χ4v) is 3.47. The van der Waals surface area contributed by atoms with E-state index in [1.165, 1.54) is 7.11 Å². The molecule has 34 heavy (non-hydrogen) atoms. The Morgan fingerprint density at radius 2 is 1.56 bits per heavy atom. The molecule has 1 heterocycles. The minimum Gasteiger partial charge on any atom is -0.481 e. The van der Waals surface area contributed by atoms with Gasteiger partial charge in [-0.1, -0.05) is 61.5 Å². The summed E-state index contributed by atoms with van der Waals surface area (Å²) >= 11 is 0. The number of rotatable bonds is 10. The molecule has 0 aliphatic heterocycles. The smallest absolute Gasteiger partial charge is 0.354 e. The number of hydrogen-bond acceptors (Lipinski definition) is 6. The quantitative estimate of drug-likeness (QED) is 0.416. The van der Waals surface area contributed by atoms with Crippen LogP contribution in [-0.4, -0.2) is 51.2 Å². The number of nitrogens with one attached hydrogen (secondary N) is 1. The van der Waals surface area contributed by atoms with Crippen LogP contribution >= 0.6 is 0 Å². The highest BCUT2D eigenvalue weighted by molar-refractivity contribution is 5.95. The van der Waals surface area contributed by atoms with E-state index in [4.69, 9.17) is 4.74 Å². The first kappa shape index (κ1) is 24.4. The molecular weight excluding hydrogens is 438 g/mol. The van der Waals surface area contributed by atoms with Gasteiger partial charge in [0.05, 0.1) is 13.0 Å². The zero-order valence-electron chi connectivity index (χ0n) is 18.8. The van der Waals surface area contributed by atoms with Crippen molar-refractivity contribution in [1.82, 2.24) is 15.3 Å². The van der Waals surface area contributed by atoms with E-state index in [9.17, 15) is 24.6 Å². The van der Waals surface area contributed by atoms with Gasteiger partial charge in [-0.05, 0) is 29.5 Å². The number of nitrogens with zero attached hydrogens (tertiary/aromatic N) is 2. The normalized spacial score (nSPS) is 12.4. The molecule has 0 spiro atoms. The maximum absolute atomic E-state index is 12.9. The summed E-state index contributed by atoms with van der Waals surface area (Å²) < 4.78 is 4.90. The molecule has 2 unspecified atom stereocenters. The van der Waals surface area contributed by atoms with Crippen molar-refractivity contribution in [3.05, 3.63) is 77.6 Å². The molecule has 0 bridgehead atoms. The zero-order valence-corrected chi connectivity index (χ0v) is 18.8. The number of carboxylic acid groups (broad SMARTS) is 2. The summed E-state index contributed by atoms with van der Waals surface area (Å²) in [6.45, 7) is 1.57. The minimum absolute atomic E-state index is 0.176. The first-order valence-corrected chi connectivity index (χ1v) is 10.6. The second kappa shape index (κ2) is 11.0. The van der Waals surface area contributed by atoms with Gasteiger partial charge in [0.25, 0.3) is 5.91 Å². The lowest BCUT2D eigenvalue weighted by molar-refractivity contribution is -0.141. The molecule has 3 rings (SSSR count). The Bertz CT molecular complexity index is 1170. The molecule has 0 aliphatic rings. The van der Waals surface area contributed by atoms with Gasteiger partial charge in [0.1, 0.15) is 5.69 Å². The van der Waals surface area contributed by atoms with Crippen LogP contribution in [0.2, 0.25) is 0 Å². The highest BCUT2D eigenvalue weighted by Crippen LogP contribution is 2.21. The predicted molar refractivity (Wildman–Crippen MR) is 124 cm³/mol. The molecule has 1 aromatic heterocycles. The third-order valence-electron chi connectivity index (χ3n) is 5.28. The first-order chi connectivity index (χ1) is 16.3. The van der Waals surface area contributed by atoms with Crippen molar-refractivity contribution in [2.24, 2.45) is 5.92 Å². The number of ether oxygens (including phenoxy) is 1. The van der Waals surface area contributed by atoms with Gasteiger partial charge in [-0.15, -0.1) is 0 Å². The predicted octanol–water partition coefficient (Wildman–Crippen LogP) is 3.30. The number of carboxylic acids is 2. The molecule has 0 saturated carbocycles. The van der Waals surface area contributed by atoms with Gasteiger partial charge in [-0.25, -0.2) is 4.79 Å². The third-order valence-corrected chi connectivity index (χ3v) is 5.28. The second-order valence-electron chi connectivity index (χ2n) is 7.84. The number of aromatic carboxylic acids is 1. The fraction of sp³-hybridized carbons (Fsp3) is 0.240. The van der Waals surface area contributed by atoms with Gasteiger partial charge in [-0.2, -0.15) is 9.97 Å². The van der Waals surface area contributed by atoms with Crippen LogP contribution in [0.25, 0.3) is 11.1 Å². The molecule has 0 saturated heterocycles. The summed E-state index contributed by atoms with van der Waals surface area (Å²) in [4.78, 5) is 43.3. The molecule has 3 N–H and O–H groups in total. The highest BCUT2D eigenvalue weighted by Gasteiger charge is 2.23. The van der Waals surface area contributed by atoms with E-state index in [1.807, 2.05) is 54.6 Å². The number of carbonyl (C=O) groups excluding carboxylic acids is 1. The van der Waals surface area contributed by atoms with Crippen LogP contribution in [0.3, 0.4) is 0 Å². The number of carbonyl (C=O) groups is 3. The monoisotopic (exact) mass is 463 g/mol. The molecule has 9 heteroatoms. The standard InChI is InChI=1S/C25H25N3O6/c1-15(23(30)31)12-19(13-16-8-10-18(11-9-16)17-6-4-3-5-7-17)26-22(29)20-14-21(24(32)33)28-25(27-20)34-2/h3-11,14-15,19H,12-13H2,1-2H3,(H,26,29)(H,30,31)(H,32,33). The van der Waals surface area contributed by atoms with Crippen LogP contribution in [0.1, 0.15) is 39.9 Å². The summed E-state index contributed by atoms with van der Waals surface area (Å²) in [6, 6.07) is 18.0. The Labute approximate surface area is 196 Å². The lowest BCUT2D eigenvalue weighted by atomic mass is 9.95. The topological polar surface area (TPSA) is 139 Å². The number of amides is 1. The Hall–Kier alpha value is -4.27. The maximum Gasteiger partial charge on any atom is 0.354 e. The third kappa shape index (κ3) is 6.38. The zero-order chi connectivity index (χ0) is 24.7. The van der Waals surface area contributed by atoms with Crippen molar-refractivity contribution in [1.29, 1.82) is 0 Å². The summed E-state index contributed by atoms with van der Waals surface area (Å²) in [5, 5.41) is 21.4. The SMILES string of the molecule is COc1nc(C(=O)O)cc(C(=O)NC(Cc2ccc(-c3ccccc3)cc2)CC(C)C(=O)O)n1. The highest BCUT2D eigenvalue weighted by atomic mass is 16.5. The average Bonchev–Trinajstić information content (AvgIpc) is 2.84. The first-order valence-electron chi connectivity index (χ1n) is 10.6. The molecule has 0 radical (unpaired) electrons. The van der Waals surface area contributed by atoms with Crippen molar-refractivity contribution >= 4 is 17.8 Å². The van der Waals surface area contributed by atoms with E-state index in [2.05, 4.69) is 15.3 Å². The number of hydrogen-bond donors (Lipinski definition) is 3. The van der Waals surface area contributed by atoms with Crippen LogP contribution < -0.4 is 10.1 Å². The fourth-order valence-electron chi connectivity index (χ4n) is 3.47. The molecule has 2 aromatic carbocycles.